The molecule has 3 aromatic rings. The van der Waals surface area contributed by atoms with Crippen molar-refractivity contribution in [3.05, 3.63) is 59.7 Å². The zero-order valence-corrected chi connectivity index (χ0v) is 16.7. The van der Waals surface area contributed by atoms with Gasteiger partial charge >= 0.3 is 5.97 Å². The molecule has 0 unspecified atom stereocenters. The second-order valence-corrected chi connectivity index (χ2v) is 9.28. The summed E-state index contributed by atoms with van der Waals surface area (Å²) in [5.41, 5.74) is 1.71. The molecule has 9 heteroatoms. The molecule has 0 aliphatic rings. The van der Waals surface area contributed by atoms with Crippen LogP contribution in [0.4, 0.5) is 5.13 Å². The maximum atomic E-state index is 12.2. The average Bonchev–Trinajstić information content (AvgIpc) is 3.07. The Labute approximate surface area is 166 Å². The highest BCUT2D eigenvalue weighted by atomic mass is 32.2. The summed E-state index contributed by atoms with van der Waals surface area (Å²) in [4.78, 5) is 28.0. The van der Waals surface area contributed by atoms with Gasteiger partial charge in [-0.25, -0.2) is 18.2 Å². The Bertz CT molecular complexity index is 1110. The number of fused-ring (bicyclic) bond motifs is 1. The van der Waals surface area contributed by atoms with Gasteiger partial charge in [0.1, 0.15) is 0 Å². The van der Waals surface area contributed by atoms with Crippen molar-refractivity contribution in [1.82, 2.24) is 4.98 Å². The summed E-state index contributed by atoms with van der Waals surface area (Å²) in [5.74, 6) is -1.22. The lowest BCUT2D eigenvalue weighted by molar-refractivity contribution is -0.115. The first-order chi connectivity index (χ1) is 13.4. The van der Waals surface area contributed by atoms with Gasteiger partial charge in [-0.05, 0) is 23.8 Å². The van der Waals surface area contributed by atoms with E-state index in [1.807, 2.05) is 6.07 Å². The van der Waals surface area contributed by atoms with Crippen LogP contribution in [0.25, 0.3) is 10.2 Å². The van der Waals surface area contributed by atoms with Crippen molar-refractivity contribution in [2.24, 2.45) is 0 Å². The van der Waals surface area contributed by atoms with Crippen molar-refractivity contribution in [3.63, 3.8) is 0 Å². The molecule has 0 spiro atoms. The lowest BCUT2D eigenvalue weighted by Crippen LogP contribution is -2.18. The lowest BCUT2D eigenvalue weighted by atomic mass is 10.2. The van der Waals surface area contributed by atoms with Crippen LogP contribution in [0.2, 0.25) is 0 Å². The number of sulfone groups is 1. The highest BCUT2D eigenvalue weighted by Crippen LogP contribution is 2.27. The fourth-order valence-electron chi connectivity index (χ4n) is 2.55. The van der Waals surface area contributed by atoms with E-state index >= 15 is 0 Å². The molecular weight excluding hydrogens is 400 g/mol. The first-order valence-electron chi connectivity index (χ1n) is 8.39. The molecule has 3 rings (SSSR count). The highest BCUT2D eigenvalue weighted by Gasteiger charge is 2.16. The maximum Gasteiger partial charge on any atom is 0.337 e. The van der Waals surface area contributed by atoms with Gasteiger partial charge < -0.3 is 10.1 Å². The number of esters is 1. The van der Waals surface area contributed by atoms with E-state index in [0.29, 0.717) is 21.8 Å². The third-order valence-corrected chi connectivity index (χ3v) is 6.46. The van der Waals surface area contributed by atoms with Gasteiger partial charge in [0.25, 0.3) is 0 Å². The molecule has 0 saturated carbocycles. The van der Waals surface area contributed by atoms with Crippen LogP contribution in [0.3, 0.4) is 0 Å². The summed E-state index contributed by atoms with van der Waals surface area (Å²) in [5, 5.41) is 2.97. The van der Waals surface area contributed by atoms with Gasteiger partial charge in [0.2, 0.25) is 5.91 Å². The summed E-state index contributed by atoms with van der Waals surface area (Å²) in [6.45, 7) is 0. The Kier molecular flexibility index (Phi) is 6.05. The van der Waals surface area contributed by atoms with Crippen LogP contribution in [-0.2, 0) is 25.1 Å². The smallest absolute Gasteiger partial charge is 0.337 e. The molecule has 1 amide bonds. The summed E-state index contributed by atoms with van der Waals surface area (Å²) in [6.07, 6.45) is -0.154. The molecule has 1 heterocycles. The minimum Gasteiger partial charge on any atom is -0.465 e. The number of ether oxygens (including phenoxy) is 1. The summed E-state index contributed by atoms with van der Waals surface area (Å²) >= 11 is 1.20. The van der Waals surface area contributed by atoms with Crippen LogP contribution in [0, 0.1) is 0 Å². The fourth-order valence-corrected chi connectivity index (χ4v) is 4.82. The van der Waals surface area contributed by atoms with Crippen LogP contribution in [0.5, 0.6) is 0 Å². The van der Waals surface area contributed by atoms with E-state index in [0.717, 1.165) is 4.70 Å². The minimum absolute atomic E-state index is 0.0986. The Morgan fingerprint density at radius 2 is 1.89 bits per heavy atom. The first kappa shape index (κ1) is 20.0. The number of methoxy groups -OCH3 is 1. The van der Waals surface area contributed by atoms with Crippen LogP contribution >= 0.6 is 11.3 Å². The minimum atomic E-state index is -3.39. The van der Waals surface area contributed by atoms with E-state index in [-0.39, 0.29) is 17.9 Å². The van der Waals surface area contributed by atoms with Crippen molar-refractivity contribution in [3.8, 4) is 0 Å². The van der Waals surface area contributed by atoms with Gasteiger partial charge in [0.05, 0.1) is 34.4 Å². The van der Waals surface area contributed by atoms with Crippen LogP contribution < -0.4 is 5.32 Å². The third kappa shape index (κ3) is 5.14. The molecule has 28 heavy (non-hydrogen) atoms. The number of hydrogen-bond acceptors (Lipinski definition) is 7. The average molecular weight is 418 g/mol. The summed E-state index contributed by atoms with van der Waals surface area (Å²) in [6, 6.07) is 13.7. The summed E-state index contributed by atoms with van der Waals surface area (Å²) in [7, 11) is -2.09. The second kappa shape index (κ2) is 8.49. The number of anilines is 1. The second-order valence-electron chi connectivity index (χ2n) is 6.07. The molecule has 0 aliphatic heterocycles. The quantitative estimate of drug-likeness (QED) is 0.592. The third-order valence-electron chi connectivity index (χ3n) is 3.93. The number of thiazole rings is 1. The Balaban J connectivity index is 1.60. The SMILES string of the molecule is COC(=O)c1ccc2nc(NC(=O)CCS(=O)(=O)Cc3ccccc3)sc2c1. The molecule has 2 aromatic carbocycles. The first-order valence-corrected chi connectivity index (χ1v) is 11.0. The number of rotatable bonds is 7. The van der Waals surface area contributed by atoms with Crippen molar-refractivity contribution in [1.29, 1.82) is 0 Å². The molecule has 146 valence electrons. The zero-order valence-electron chi connectivity index (χ0n) is 15.0. The van der Waals surface area contributed by atoms with Crippen molar-refractivity contribution < 1.29 is 22.7 Å². The van der Waals surface area contributed by atoms with Gasteiger partial charge in [-0.1, -0.05) is 41.7 Å². The van der Waals surface area contributed by atoms with Crippen LogP contribution in [0.15, 0.2) is 48.5 Å². The number of amides is 1. The standard InChI is InChI=1S/C19H18N2O5S2/c1-26-18(23)14-7-8-15-16(11-14)27-19(20-15)21-17(22)9-10-28(24,25)12-13-5-3-2-4-6-13/h2-8,11H,9-10,12H2,1H3,(H,20,21,22). The Morgan fingerprint density at radius 3 is 2.61 bits per heavy atom. The van der Waals surface area contributed by atoms with Gasteiger partial charge in [-0.15, -0.1) is 0 Å². The molecule has 0 bridgehead atoms. The van der Waals surface area contributed by atoms with Crippen LogP contribution in [-0.4, -0.2) is 38.1 Å². The molecule has 0 atom stereocenters. The molecule has 0 radical (unpaired) electrons. The molecule has 0 fully saturated rings. The largest absolute Gasteiger partial charge is 0.465 e. The van der Waals surface area contributed by atoms with Crippen molar-refractivity contribution in [2.75, 3.05) is 18.2 Å². The number of hydrogen-bond donors (Lipinski definition) is 1. The van der Waals surface area contributed by atoms with Gasteiger partial charge in [-0.3, -0.25) is 4.79 Å². The Hall–Kier alpha value is -2.78. The normalized spacial score (nSPS) is 11.3. The topological polar surface area (TPSA) is 102 Å². The van der Waals surface area contributed by atoms with E-state index in [1.54, 1.807) is 42.5 Å². The number of carbonyl (C=O) groups is 2. The molecule has 7 nitrogen and oxygen atoms in total. The number of nitrogens with one attached hydrogen (secondary N) is 1. The van der Waals surface area contributed by atoms with E-state index < -0.39 is 21.7 Å². The number of aromatic nitrogens is 1. The van der Waals surface area contributed by atoms with E-state index in [2.05, 4.69) is 15.0 Å². The van der Waals surface area contributed by atoms with Gasteiger partial charge in [-0.2, -0.15) is 0 Å². The number of carbonyl (C=O) groups excluding carboxylic acids is 2. The molecule has 1 N–H and O–H groups in total. The lowest BCUT2D eigenvalue weighted by Gasteiger charge is -2.04. The molecule has 0 saturated heterocycles. The molecular formula is C19H18N2O5S2. The summed E-state index contributed by atoms with van der Waals surface area (Å²) < 4.78 is 29.8. The van der Waals surface area contributed by atoms with Crippen LogP contribution in [0.1, 0.15) is 22.3 Å². The molecule has 0 aliphatic carbocycles. The maximum absolute atomic E-state index is 12.2. The van der Waals surface area contributed by atoms with Gasteiger partial charge in [0.15, 0.2) is 15.0 Å². The van der Waals surface area contributed by atoms with E-state index in [4.69, 9.17) is 0 Å². The van der Waals surface area contributed by atoms with E-state index in [9.17, 15) is 18.0 Å². The number of benzene rings is 2. The highest BCUT2D eigenvalue weighted by molar-refractivity contribution is 7.90. The predicted octanol–water partition coefficient (Wildman–Crippen LogP) is 3.03. The predicted molar refractivity (Wildman–Crippen MR) is 108 cm³/mol. The fraction of sp³-hybridized carbons (Fsp3) is 0.211. The van der Waals surface area contributed by atoms with Crippen molar-refractivity contribution in [2.45, 2.75) is 12.2 Å². The number of nitrogens with zero attached hydrogens (tertiary/aromatic N) is 1. The Morgan fingerprint density at radius 1 is 1.14 bits per heavy atom. The van der Waals surface area contributed by atoms with Gasteiger partial charge in [0, 0.05) is 6.42 Å². The van der Waals surface area contributed by atoms with E-state index in [1.165, 1.54) is 18.4 Å². The monoisotopic (exact) mass is 418 g/mol. The van der Waals surface area contributed by atoms with Crippen molar-refractivity contribution >= 4 is 48.4 Å². The molecule has 1 aromatic heterocycles. The zero-order chi connectivity index (χ0) is 20.1.